The number of rotatable bonds is 6. The highest BCUT2D eigenvalue weighted by molar-refractivity contribution is 14.1. The first-order chi connectivity index (χ1) is 8.85. The Labute approximate surface area is 127 Å². The van der Waals surface area contributed by atoms with E-state index in [1.807, 2.05) is 13.8 Å². The summed E-state index contributed by atoms with van der Waals surface area (Å²) in [4.78, 5) is 11.7. The molecule has 0 aliphatic rings. The van der Waals surface area contributed by atoms with Gasteiger partial charge in [0.2, 0.25) is 15.9 Å². The molecule has 1 aromatic rings. The van der Waals surface area contributed by atoms with Crippen LogP contribution >= 0.6 is 22.6 Å². The van der Waals surface area contributed by atoms with Crippen LogP contribution in [0.3, 0.4) is 0 Å². The summed E-state index contributed by atoms with van der Waals surface area (Å²) < 4.78 is 27.1. The molecule has 19 heavy (non-hydrogen) atoms. The highest BCUT2D eigenvalue weighted by Crippen LogP contribution is 2.11. The largest absolute Gasteiger partial charge is 0.353 e. The Kier molecular flexibility index (Phi) is 6.21. The molecule has 1 amide bonds. The quantitative estimate of drug-likeness (QED) is 0.716. The van der Waals surface area contributed by atoms with Crippen LogP contribution in [0.25, 0.3) is 0 Å². The number of benzene rings is 1. The second kappa shape index (κ2) is 7.20. The van der Waals surface area contributed by atoms with Crippen LogP contribution in [0.1, 0.15) is 20.3 Å². The molecule has 0 fully saturated rings. The molecule has 0 unspecified atom stereocenters. The zero-order chi connectivity index (χ0) is 14.5. The number of hydrogen-bond donors (Lipinski definition) is 2. The zero-order valence-electron chi connectivity index (χ0n) is 10.8. The maximum Gasteiger partial charge on any atom is 0.241 e. The van der Waals surface area contributed by atoms with E-state index in [1.54, 1.807) is 12.1 Å². The van der Waals surface area contributed by atoms with E-state index in [0.717, 1.165) is 9.99 Å². The molecule has 0 bridgehead atoms. The van der Waals surface area contributed by atoms with Crippen molar-refractivity contribution in [1.29, 1.82) is 0 Å². The Hall–Kier alpha value is -0.670. The van der Waals surface area contributed by atoms with Crippen molar-refractivity contribution in [1.82, 2.24) is 10.0 Å². The second-order valence-corrected chi connectivity index (χ2v) is 7.17. The van der Waals surface area contributed by atoms with Crippen molar-refractivity contribution in [2.45, 2.75) is 31.2 Å². The Balaban J connectivity index is 2.61. The van der Waals surface area contributed by atoms with Crippen molar-refractivity contribution < 1.29 is 13.2 Å². The van der Waals surface area contributed by atoms with Crippen LogP contribution in [0.15, 0.2) is 29.2 Å². The predicted molar refractivity (Wildman–Crippen MR) is 82.2 cm³/mol. The fourth-order valence-corrected chi connectivity index (χ4v) is 2.63. The van der Waals surface area contributed by atoms with E-state index < -0.39 is 10.0 Å². The van der Waals surface area contributed by atoms with Crippen molar-refractivity contribution in [3.8, 4) is 0 Å². The maximum absolute atomic E-state index is 11.9. The highest BCUT2D eigenvalue weighted by Gasteiger charge is 2.15. The number of hydrogen-bond acceptors (Lipinski definition) is 3. The first kappa shape index (κ1) is 16.4. The highest BCUT2D eigenvalue weighted by atomic mass is 127. The smallest absolute Gasteiger partial charge is 0.241 e. The van der Waals surface area contributed by atoms with Crippen LogP contribution in [-0.2, 0) is 14.8 Å². The second-order valence-electron chi connectivity index (χ2n) is 4.16. The maximum atomic E-state index is 11.9. The molecular weight excluding hydrogens is 379 g/mol. The Morgan fingerprint density at radius 2 is 1.89 bits per heavy atom. The SMILES string of the molecule is CC[C@H](C)NC(=O)CNS(=O)(=O)c1ccc(I)cc1. The van der Waals surface area contributed by atoms with Gasteiger partial charge in [-0.1, -0.05) is 6.92 Å². The lowest BCUT2D eigenvalue weighted by molar-refractivity contribution is -0.120. The van der Waals surface area contributed by atoms with Gasteiger partial charge in [0.25, 0.3) is 0 Å². The van der Waals surface area contributed by atoms with Gasteiger partial charge in [0.15, 0.2) is 0 Å². The summed E-state index contributed by atoms with van der Waals surface area (Å²) in [7, 11) is -3.63. The molecule has 0 saturated heterocycles. The molecule has 2 N–H and O–H groups in total. The van der Waals surface area contributed by atoms with Gasteiger partial charge in [0.1, 0.15) is 0 Å². The van der Waals surface area contributed by atoms with Gasteiger partial charge in [-0.05, 0) is 60.2 Å². The van der Waals surface area contributed by atoms with Crippen LogP contribution in [0.4, 0.5) is 0 Å². The fourth-order valence-electron chi connectivity index (χ4n) is 1.29. The predicted octanol–water partition coefficient (Wildman–Crippen LogP) is 1.48. The minimum Gasteiger partial charge on any atom is -0.353 e. The van der Waals surface area contributed by atoms with E-state index >= 15 is 0 Å². The monoisotopic (exact) mass is 396 g/mol. The van der Waals surface area contributed by atoms with E-state index in [4.69, 9.17) is 0 Å². The summed E-state index contributed by atoms with van der Waals surface area (Å²) in [5, 5.41) is 2.70. The van der Waals surface area contributed by atoms with Crippen LogP contribution in [0.2, 0.25) is 0 Å². The third-order valence-electron chi connectivity index (χ3n) is 2.57. The van der Waals surface area contributed by atoms with E-state index in [9.17, 15) is 13.2 Å². The number of carbonyl (C=O) groups is 1. The first-order valence-electron chi connectivity index (χ1n) is 5.89. The zero-order valence-corrected chi connectivity index (χ0v) is 13.8. The minimum atomic E-state index is -3.63. The summed E-state index contributed by atoms with van der Waals surface area (Å²) in [6.45, 7) is 3.56. The van der Waals surface area contributed by atoms with Gasteiger partial charge < -0.3 is 5.32 Å². The van der Waals surface area contributed by atoms with Crippen molar-refractivity contribution in [2.75, 3.05) is 6.54 Å². The van der Waals surface area contributed by atoms with Crippen molar-refractivity contribution >= 4 is 38.5 Å². The molecule has 0 aliphatic heterocycles. The molecular formula is C12H17IN2O3S. The van der Waals surface area contributed by atoms with E-state index in [0.29, 0.717) is 0 Å². The standard InChI is InChI=1S/C12H17IN2O3S/c1-3-9(2)15-12(16)8-14-19(17,18)11-6-4-10(13)5-7-11/h4-7,9,14H,3,8H2,1-2H3,(H,15,16)/t9-/m0/s1. The molecule has 0 heterocycles. The number of sulfonamides is 1. The Morgan fingerprint density at radius 3 is 2.42 bits per heavy atom. The molecule has 1 atom stereocenters. The summed E-state index contributed by atoms with van der Waals surface area (Å²) in [6.07, 6.45) is 0.801. The molecule has 0 spiro atoms. The Bertz CT molecular complexity index is 528. The molecule has 0 aromatic heterocycles. The lowest BCUT2D eigenvalue weighted by Gasteiger charge is -2.12. The molecule has 0 radical (unpaired) electrons. The average molecular weight is 396 g/mol. The van der Waals surface area contributed by atoms with E-state index in [-0.39, 0.29) is 23.4 Å². The van der Waals surface area contributed by atoms with E-state index in [2.05, 4.69) is 32.6 Å². The third kappa shape index (κ3) is 5.45. The molecule has 106 valence electrons. The molecule has 5 nitrogen and oxygen atoms in total. The Morgan fingerprint density at radius 1 is 1.32 bits per heavy atom. The van der Waals surface area contributed by atoms with Crippen LogP contribution in [-0.4, -0.2) is 26.9 Å². The van der Waals surface area contributed by atoms with Gasteiger partial charge in [-0.15, -0.1) is 0 Å². The minimum absolute atomic E-state index is 0.0373. The van der Waals surface area contributed by atoms with Crippen molar-refractivity contribution in [3.63, 3.8) is 0 Å². The van der Waals surface area contributed by atoms with Crippen LogP contribution in [0, 0.1) is 3.57 Å². The van der Waals surface area contributed by atoms with Crippen LogP contribution in [0.5, 0.6) is 0 Å². The van der Waals surface area contributed by atoms with Gasteiger partial charge in [-0.25, -0.2) is 13.1 Å². The molecule has 0 aliphatic carbocycles. The number of carbonyl (C=O) groups excluding carboxylic acids is 1. The summed E-state index contributed by atoms with van der Waals surface area (Å²) in [5.41, 5.74) is 0. The average Bonchev–Trinajstić information content (AvgIpc) is 2.37. The lowest BCUT2D eigenvalue weighted by atomic mass is 10.2. The van der Waals surface area contributed by atoms with Gasteiger partial charge in [0.05, 0.1) is 11.4 Å². The normalized spacial score (nSPS) is 13.0. The van der Waals surface area contributed by atoms with Crippen molar-refractivity contribution in [3.05, 3.63) is 27.8 Å². The van der Waals surface area contributed by atoms with Gasteiger partial charge in [-0.2, -0.15) is 0 Å². The summed E-state index contributed by atoms with van der Waals surface area (Å²) >= 11 is 2.09. The number of nitrogens with one attached hydrogen (secondary N) is 2. The molecule has 1 aromatic carbocycles. The van der Waals surface area contributed by atoms with Gasteiger partial charge in [-0.3, -0.25) is 4.79 Å². The van der Waals surface area contributed by atoms with Gasteiger partial charge >= 0.3 is 0 Å². The molecule has 7 heteroatoms. The van der Waals surface area contributed by atoms with Gasteiger partial charge in [0, 0.05) is 9.61 Å². The summed E-state index contributed by atoms with van der Waals surface area (Å²) in [5.74, 6) is -0.330. The van der Waals surface area contributed by atoms with Crippen molar-refractivity contribution in [2.24, 2.45) is 0 Å². The van der Waals surface area contributed by atoms with E-state index in [1.165, 1.54) is 12.1 Å². The topological polar surface area (TPSA) is 75.3 Å². The third-order valence-corrected chi connectivity index (χ3v) is 4.70. The number of halogens is 1. The first-order valence-corrected chi connectivity index (χ1v) is 8.46. The fraction of sp³-hybridized carbons (Fsp3) is 0.417. The molecule has 0 saturated carbocycles. The van der Waals surface area contributed by atoms with Crippen LogP contribution < -0.4 is 10.0 Å². The molecule has 1 rings (SSSR count). The summed E-state index contributed by atoms with van der Waals surface area (Å²) in [6, 6.07) is 6.46. The number of amides is 1. The lowest BCUT2D eigenvalue weighted by Crippen LogP contribution is -2.40.